The second kappa shape index (κ2) is 15.5. The van der Waals surface area contributed by atoms with Crippen molar-refractivity contribution < 1.29 is 33.2 Å². The molecular weight excluding hydrogens is 713 g/mol. The highest BCUT2D eigenvalue weighted by Crippen LogP contribution is 2.48. The number of ether oxygens (including phenoxy) is 6. The van der Waals surface area contributed by atoms with Crippen LogP contribution in [-0.2, 0) is 4.74 Å². The summed E-state index contributed by atoms with van der Waals surface area (Å²) in [6, 6.07) is 59.2. The van der Waals surface area contributed by atoms with E-state index in [1.54, 1.807) is 0 Å². The first kappa shape index (κ1) is 35.0. The molecule has 57 heavy (non-hydrogen) atoms. The van der Waals surface area contributed by atoms with E-state index < -0.39 is 5.97 Å². The van der Waals surface area contributed by atoms with Crippen molar-refractivity contribution in [3.8, 4) is 57.5 Å². The predicted octanol–water partition coefficient (Wildman–Crippen LogP) is 13.9. The second-order valence-electron chi connectivity index (χ2n) is 13.2. The van der Waals surface area contributed by atoms with E-state index in [9.17, 15) is 4.79 Å². The van der Waals surface area contributed by atoms with Gasteiger partial charge in [0.05, 0.1) is 7.11 Å². The number of hydrogen-bond acceptors (Lipinski definition) is 7. The summed E-state index contributed by atoms with van der Waals surface area (Å²) in [4.78, 5) is 13.5. The Morgan fingerprint density at radius 1 is 0.316 bits per heavy atom. The molecule has 0 radical (unpaired) electrons. The first-order chi connectivity index (χ1) is 28.1. The van der Waals surface area contributed by atoms with Crippen LogP contribution in [0.3, 0.4) is 0 Å². The number of fused-ring (bicyclic) bond motifs is 6. The van der Waals surface area contributed by atoms with E-state index in [0.29, 0.717) is 57.5 Å². The average molecular weight is 747 g/mol. The van der Waals surface area contributed by atoms with E-state index in [4.69, 9.17) is 28.4 Å². The van der Waals surface area contributed by atoms with Crippen LogP contribution >= 0.6 is 0 Å². The van der Waals surface area contributed by atoms with Gasteiger partial charge in [0.15, 0.2) is 23.0 Å². The van der Waals surface area contributed by atoms with Gasteiger partial charge in [-0.1, -0.05) is 91.0 Å². The minimum atomic E-state index is -0.541. The van der Waals surface area contributed by atoms with Crippen LogP contribution in [0, 0.1) is 0 Å². The number of carbonyl (C=O) groups excluding carboxylic acids is 1. The molecular formula is C50H34O7. The van der Waals surface area contributed by atoms with Gasteiger partial charge in [0.1, 0.15) is 40.1 Å². The summed E-state index contributed by atoms with van der Waals surface area (Å²) < 4.78 is 38.0. The van der Waals surface area contributed by atoms with E-state index in [-0.39, 0.29) is 5.56 Å². The quantitative estimate of drug-likeness (QED) is 0.0964. The van der Waals surface area contributed by atoms with Crippen LogP contribution in [0.1, 0.15) is 10.4 Å². The van der Waals surface area contributed by atoms with E-state index in [1.807, 2.05) is 188 Å². The molecule has 276 valence electrons. The highest BCUT2D eigenvalue weighted by molar-refractivity contribution is 6.27. The van der Waals surface area contributed by atoms with E-state index >= 15 is 0 Å². The number of benzene rings is 9. The third-order valence-electron chi connectivity index (χ3n) is 9.42. The van der Waals surface area contributed by atoms with Crippen molar-refractivity contribution in [1.82, 2.24) is 0 Å². The van der Waals surface area contributed by atoms with Gasteiger partial charge in [-0.2, -0.15) is 0 Å². The third kappa shape index (κ3) is 7.37. The zero-order valence-electron chi connectivity index (χ0n) is 30.8. The maximum absolute atomic E-state index is 13.5. The van der Waals surface area contributed by atoms with Gasteiger partial charge in [-0.15, -0.1) is 0 Å². The fourth-order valence-electron chi connectivity index (χ4n) is 6.79. The Morgan fingerprint density at radius 3 is 0.807 bits per heavy atom. The molecule has 0 aliphatic carbocycles. The van der Waals surface area contributed by atoms with Crippen LogP contribution in [0.5, 0.6) is 57.5 Å². The summed E-state index contributed by atoms with van der Waals surface area (Å²) >= 11 is 0. The summed E-state index contributed by atoms with van der Waals surface area (Å²) in [5.74, 6) is 4.89. The van der Waals surface area contributed by atoms with Gasteiger partial charge in [0.25, 0.3) is 0 Å². The van der Waals surface area contributed by atoms with Gasteiger partial charge in [-0.3, -0.25) is 0 Å². The van der Waals surface area contributed by atoms with Crippen LogP contribution in [0.25, 0.3) is 32.3 Å². The van der Waals surface area contributed by atoms with Crippen molar-refractivity contribution in [3.63, 3.8) is 0 Å². The number of methoxy groups -OCH3 is 1. The maximum atomic E-state index is 13.5. The molecule has 0 unspecified atom stereocenters. The second-order valence-corrected chi connectivity index (χ2v) is 13.2. The van der Waals surface area contributed by atoms with Gasteiger partial charge in [-0.25, -0.2) is 4.79 Å². The maximum Gasteiger partial charge on any atom is 0.341 e. The van der Waals surface area contributed by atoms with Crippen molar-refractivity contribution in [3.05, 3.63) is 194 Å². The summed E-state index contributed by atoms with van der Waals surface area (Å²) in [6.07, 6.45) is 0. The van der Waals surface area contributed by atoms with Crippen LogP contribution in [-0.4, -0.2) is 13.1 Å². The first-order valence-electron chi connectivity index (χ1n) is 18.4. The van der Waals surface area contributed by atoms with E-state index in [2.05, 4.69) is 0 Å². The Morgan fingerprint density at radius 2 is 0.544 bits per heavy atom. The number of para-hydroxylation sites is 5. The van der Waals surface area contributed by atoms with Gasteiger partial charge >= 0.3 is 5.97 Å². The lowest BCUT2D eigenvalue weighted by molar-refractivity contribution is 0.0598. The van der Waals surface area contributed by atoms with Crippen molar-refractivity contribution in [2.24, 2.45) is 0 Å². The van der Waals surface area contributed by atoms with Crippen molar-refractivity contribution in [2.75, 3.05) is 7.11 Å². The lowest BCUT2D eigenvalue weighted by Crippen LogP contribution is -2.04. The largest absolute Gasteiger partial charge is 0.465 e. The molecule has 7 heteroatoms. The molecule has 0 spiro atoms. The Bertz CT molecular complexity index is 2770. The molecule has 0 aliphatic heterocycles. The molecule has 9 aromatic rings. The summed E-state index contributed by atoms with van der Waals surface area (Å²) in [5, 5.41) is 4.82. The first-order valence-corrected chi connectivity index (χ1v) is 18.4. The molecule has 0 fully saturated rings. The minimum absolute atomic E-state index is 0.259. The zero-order valence-corrected chi connectivity index (χ0v) is 30.8. The SMILES string of the molecule is COC(=O)c1cc2c3cc(Oc4ccccc4)c(Oc4ccccc4)cc3c3cc(Oc4ccccc4)c(Oc4ccccc4)cc3c2cc1Oc1ccccc1. The minimum Gasteiger partial charge on any atom is -0.465 e. The standard InChI is InChI=1S/C50H34O7/c1-52-50(51)44-27-38-39(28-45(44)53-33-17-7-2-8-18-33)41-30-47(55-35-21-11-4-12-22-35)49(57-37-25-15-6-16-26-37)32-43(41)42-31-48(56-36-23-13-5-14-24-36)46(29-40(38)42)54-34-19-9-3-10-20-34/h2-32H,1H3. The number of carbonyl (C=O) groups is 1. The number of esters is 1. The molecule has 7 nitrogen and oxygen atoms in total. The van der Waals surface area contributed by atoms with Gasteiger partial charge in [0.2, 0.25) is 0 Å². The Labute approximate surface area is 328 Å². The highest BCUT2D eigenvalue weighted by atomic mass is 16.5. The average Bonchev–Trinajstić information content (AvgIpc) is 3.26. The molecule has 9 rings (SSSR count). The smallest absolute Gasteiger partial charge is 0.341 e. The molecule has 0 amide bonds. The van der Waals surface area contributed by atoms with Crippen LogP contribution in [0.4, 0.5) is 0 Å². The third-order valence-corrected chi connectivity index (χ3v) is 9.42. The van der Waals surface area contributed by atoms with Crippen LogP contribution < -0.4 is 23.7 Å². The Hall–Kier alpha value is -7.77. The number of rotatable bonds is 11. The topological polar surface area (TPSA) is 72.5 Å². The summed E-state index contributed by atoms with van der Waals surface area (Å²) in [7, 11) is 1.36. The summed E-state index contributed by atoms with van der Waals surface area (Å²) in [5.41, 5.74) is 0.259. The molecule has 0 heterocycles. The fourth-order valence-corrected chi connectivity index (χ4v) is 6.79. The van der Waals surface area contributed by atoms with E-state index in [1.165, 1.54) is 7.11 Å². The number of hydrogen-bond donors (Lipinski definition) is 0. The molecule has 0 atom stereocenters. The monoisotopic (exact) mass is 746 g/mol. The van der Waals surface area contributed by atoms with Crippen LogP contribution in [0.15, 0.2) is 188 Å². The molecule has 0 bridgehead atoms. The predicted molar refractivity (Wildman–Crippen MR) is 223 cm³/mol. The van der Waals surface area contributed by atoms with Crippen molar-refractivity contribution in [1.29, 1.82) is 0 Å². The highest BCUT2D eigenvalue weighted by Gasteiger charge is 2.23. The van der Waals surface area contributed by atoms with Crippen molar-refractivity contribution in [2.45, 2.75) is 0 Å². The molecule has 0 saturated carbocycles. The van der Waals surface area contributed by atoms with Crippen molar-refractivity contribution >= 4 is 38.3 Å². The molecule has 0 N–H and O–H groups in total. The molecule has 0 saturated heterocycles. The lowest BCUT2D eigenvalue weighted by atomic mass is 9.92. The molecule has 9 aromatic carbocycles. The normalized spacial score (nSPS) is 11.0. The van der Waals surface area contributed by atoms with Gasteiger partial charge in [0, 0.05) is 0 Å². The van der Waals surface area contributed by atoms with E-state index in [0.717, 1.165) is 32.3 Å². The van der Waals surface area contributed by atoms with Crippen LogP contribution in [0.2, 0.25) is 0 Å². The van der Waals surface area contributed by atoms with Gasteiger partial charge in [-0.05, 0) is 129 Å². The lowest BCUT2D eigenvalue weighted by Gasteiger charge is -2.20. The molecule has 0 aromatic heterocycles. The van der Waals surface area contributed by atoms with Gasteiger partial charge < -0.3 is 28.4 Å². The summed E-state index contributed by atoms with van der Waals surface area (Å²) in [6.45, 7) is 0. The Balaban J connectivity index is 1.37. The molecule has 0 aliphatic rings. The zero-order chi connectivity index (χ0) is 38.6. The Kier molecular flexibility index (Phi) is 9.53. The fraction of sp³-hybridized carbons (Fsp3) is 0.0200.